The van der Waals surface area contributed by atoms with Crippen LogP contribution in [0.2, 0.25) is 0 Å². The Hall–Kier alpha value is -3.79. The number of nitrogens with one attached hydrogen (secondary N) is 1. The Morgan fingerprint density at radius 3 is 2.14 bits per heavy atom. The molecule has 0 radical (unpaired) electrons. The molecule has 1 N–H and O–H groups in total. The number of hydrogen-bond donors (Lipinski definition) is 1. The van der Waals surface area contributed by atoms with Gasteiger partial charge in [0.2, 0.25) is 5.88 Å². The van der Waals surface area contributed by atoms with Gasteiger partial charge in [-0.3, -0.25) is 14.3 Å². The van der Waals surface area contributed by atoms with Crippen molar-refractivity contribution in [1.82, 2.24) is 9.97 Å². The van der Waals surface area contributed by atoms with E-state index in [1.807, 2.05) is 0 Å². The zero-order valence-electron chi connectivity index (χ0n) is 15.1. The highest BCUT2D eigenvalue weighted by molar-refractivity contribution is 7.92. The summed E-state index contributed by atoms with van der Waals surface area (Å²) in [5.74, 6) is -0.653. The number of methoxy groups -OCH3 is 1. The number of amides is 2. The van der Waals surface area contributed by atoms with Gasteiger partial charge in [-0.1, -0.05) is 12.1 Å². The van der Waals surface area contributed by atoms with Crippen LogP contribution in [0.4, 0.5) is 11.5 Å². The Morgan fingerprint density at radius 1 is 0.931 bits per heavy atom. The van der Waals surface area contributed by atoms with E-state index in [1.165, 1.54) is 43.8 Å². The zero-order valence-corrected chi connectivity index (χ0v) is 15.9. The lowest BCUT2D eigenvalue weighted by atomic mass is 10.1. The summed E-state index contributed by atoms with van der Waals surface area (Å²) in [6.07, 6.45) is 1.17. The number of anilines is 2. The van der Waals surface area contributed by atoms with Crippen LogP contribution in [-0.4, -0.2) is 37.3 Å². The average Bonchev–Trinajstić information content (AvgIpc) is 2.98. The predicted octanol–water partition coefficient (Wildman–Crippen LogP) is 2.09. The molecule has 0 atom stereocenters. The molecular formula is C19H14N4O5S. The highest BCUT2D eigenvalue weighted by Gasteiger charge is 2.36. The highest BCUT2D eigenvalue weighted by atomic mass is 32.2. The first kappa shape index (κ1) is 18.6. The molecule has 0 aliphatic carbocycles. The topological polar surface area (TPSA) is 119 Å². The first-order chi connectivity index (χ1) is 13.9. The number of imide groups is 1. The number of carbonyl (C=O) groups is 2. The molecule has 0 saturated carbocycles. The van der Waals surface area contributed by atoms with Crippen molar-refractivity contribution in [2.24, 2.45) is 0 Å². The summed E-state index contributed by atoms with van der Waals surface area (Å²) in [4.78, 5) is 33.7. The van der Waals surface area contributed by atoms with Crippen LogP contribution in [0.1, 0.15) is 20.7 Å². The third-order valence-corrected chi connectivity index (χ3v) is 5.66. The zero-order chi connectivity index (χ0) is 20.6. The lowest BCUT2D eigenvalue weighted by Gasteiger charge is -2.14. The molecule has 1 aromatic heterocycles. The van der Waals surface area contributed by atoms with Crippen molar-refractivity contribution < 1.29 is 22.7 Å². The summed E-state index contributed by atoms with van der Waals surface area (Å²) in [6, 6.07) is 13.3. The second-order valence-corrected chi connectivity index (χ2v) is 7.72. The molecule has 0 saturated heterocycles. The van der Waals surface area contributed by atoms with Crippen LogP contribution in [0, 0.1) is 0 Å². The Balaban J connectivity index is 1.59. The van der Waals surface area contributed by atoms with Gasteiger partial charge in [0.25, 0.3) is 21.8 Å². The first-order valence-corrected chi connectivity index (χ1v) is 9.86. The third-order valence-electron chi connectivity index (χ3n) is 4.29. The van der Waals surface area contributed by atoms with Gasteiger partial charge in [0.1, 0.15) is 12.1 Å². The molecule has 29 heavy (non-hydrogen) atoms. The molecule has 2 aromatic carbocycles. The molecule has 1 aliphatic rings. The second kappa shape index (κ2) is 6.99. The molecule has 0 fully saturated rings. The van der Waals surface area contributed by atoms with E-state index in [1.54, 1.807) is 24.3 Å². The second-order valence-electron chi connectivity index (χ2n) is 6.04. The maximum Gasteiger partial charge on any atom is 0.266 e. The number of hydrogen-bond acceptors (Lipinski definition) is 7. The van der Waals surface area contributed by atoms with Gasteiger partial charge in [-0.15, -0.1) is 0 Å². The fraction of sp³-hybridized carbons (Fsp3) is 0.0526. The van der Waals surface area contributed by atoms with Crippen LogP contribution in [-0.2, 0) is 10.0 Å². The number of aromatic nitrogens is 2. The van der Waals surface area contributed by atoms with Crippen molar-refractivity contribution in [2.75, 3.05) is 16.7 Å². The molecule has 0 bridgehead atoms. The van der Waals surface area contributed by atoms with Gasteiger partial charge < -0.3 is 4.74 Å². The summed E-state index contributed by atoms with van der Waals surface area (Å²) < 4.78 is 32.4. The van der Waals surface area contributed by atoms with E-state index in [2.05, 4.69) is 14.7 Å². The van der Waals surface area contributed by atoms with Crippen molar-refractivity contribution in [3.05, 3.63) is 72.1 Å². The number of rotatable bonds is 5. The van der Waals surface area contributed by atoms with Gasteiger partial charge in [0, 0.05) is 6.07 Å². The van der Waals surface area contributed by atoms with Gasteiger partial charge in [0.05, 0.1) is 28.8 Å². The highest BCUT2D eigenvalue weighted by Crippen LogP contribution is 2.29. The fourth-order valence-corrected chi connectivity index (χ4v) is 3.90. The molecule has 0 spiro atoms. The van der Waals surface area contributed by atoms with Crippen molar-refractivity contribution >= 4 is 33.3 Å². The van der Waals surface area contributed by atoms with Crippen molar-refractivity contribution in [1.29, 1.82) is 0 Å². The Morgan fingerprint density at radius 2 is 1.55 bits per heavy atom. The summed E-state index contributed by atoms with van der Waals surface area (Å²) in [6.45, 7) is 0. The van der Waals surface area contributed by atoms with Crippen molar-refractivity contribution in [2.45, 2.75) is 4.90 Å². The molecule has 2 heterocycles. The Bertz CT molecular complexity index is 1190. The lowest BCUT2D eigenvalue weighted by molar-refractivity contribution is 0.0926. The van der Waals surface area contributed by atoms with Crippen molar-refractivity contribution in [3.8, 4) is 5.88 Å². The van der Waals surface area contributed by atoms with E-state index in [-0.39, 0.29) is 22.3 Å². The summed E-state index contributed by atoms with van der Waals surface area (Å²) >= 11 is 0. The van der Waals surface area contributed by atoms with Crippen LogP contribution in [0.15, 0.2) is 65.8 Å². The normalized spacial score (nSPS) is 13.3. The Labute approximate surface area is 166 Å². The van der Waals surface area contributed by atoms with Gasteiger partial charge in [-0.25, -0.2) is 23.3 Å². The number of fused-ring (bicyclic) bond motifs is 1. The molecule has 10 heteroatoms. The monoisotopic (exact) mass is 410 g/mol. The molecule has 0 unspecified atom stereocenters. The summed E-state index contributed by atoms with van der Waals surface area (Å²) in [7, 11) is -2.54. The van der Waals surface area contributed by atoms with Crippen LogP contribution in [0.25, 0.3) is 0 Å². The maximum atomic E-state index is 12.6. The van der Waals surface area contributed by atoms with E-state index >= 15 is 0 Å². The minimum Gasteiger partial charge on any atom is -0.481 e. The van der Waals surface area contributed by atoms with E-state index in [4.69, 9.17) is 4.74 Å². The Kier molecular flexibility index (Phi) is 4.47. The summed E-state index contributed by atoms with van der Waals surface area (Å²) in [5, 5.41) is 0. The molecule has 2 amide bonds. The lowest BCUT2D eigenvalue weighted by Crippen LogP contribution is -2.29. The maximum absolute atomic E-state index is 12.6. The van der Waals surface area contributed by atoms with E-state index in [9.17, 15) is 18.0 Å². The van der Waals surface area contributed by atoms with Gasteiger partial charge in [-0.05, 0) is 36.4 Å². The van der Waals surface area contributed by atoms with Crippen LogP contribution >= 0.6 is 0 Å². The number of nitrogens with zero attached hydrogens (tertiary/aromatic N) is 3. The minimum atomic E-state index is -3.94. The average molecular weight is 410 g/mol. The van der Waals surface area contributed by atoms with Gasteiger partial charge >= 0.3 is 0 Å². The molecule has 9 nitrogen and oxygen atoms in total. The van der Waals surface area contributed by atoms with Crippen LogP contribution < -0.4 is 14.4 Å². The largest absolute Gasteiger partial charge is 0.481 e. The van der Waals surface area contributed by atoms with E-state index in [0.717, 1.165) is 4.90 Å². The quantitative estimate of drug-likeness (QED) is 0.640. The molecule has 4 rings (SSSR count). The van der Waals surface area contributed by atoms with E-state index in [0.29, 0.717) is 11.1 Å². The third kappa shape index (κ3) is 3.29. The standard InChI is InChI=1S/C19H14N4O5S/c1-28-17-10-16(20-11-21-17)22-29(26,27)13-8-6-12(7-9-13)23-18(24)14-4-2-3-5-15(14)19(23)25/h2-11H,1H3,(H,20,21,22). The van der Waals surface area contributed by atoms with Gasteiger partial charge in [0.15, 0.2) is 0 Å². The molecular weight excluding hydrogens is 396 g/mol. The molecule has 1 aliphatic heterocycles. The van der Waals surface area contributed by atoms with Crippen LogP contribution in [0.3, 0.4) is 0 Å². The summed E-state index contributed by atoms with van der Waals surface area (Å²) in [5.41, 5.74) is 0.904. The van der Waals surface area contributed by atoms with Gasteiger partial charge in [-0.2, -0.15) is 0 Å². The fourth-order valence-electron chi connectivity index (χ4n) is 2.90. The number of sulfonamides is 1. The number of carbonyl (C=O) groups excluding carboxylic acids is 2. The predicted molar refractivity (Wildman–Crippen MR) is 103 cm³/mol. The minimum absolute atomic E-state index is 0.0428. The number of benzene rings is 2. The smallest absolute Gasteiger partial charge is 0.266 e. The van der Waals surface area contributed by atoms with Crippen molar-refractivity contribution in [3.63, 3.8) is 0 Å². The SMILES string of the molecule is COc1cc(NS(=O)(=O)c2ccc(N3C(=O)c4ccccc4C3=O)cc2)ncn1. The number of ether oxygens (including phenoxy) is 1. The first-order valence-electron chi connectivity index (χ1n) is 8.37. The van der Waals surface area contributed by atoms with Crippen LogP contribution in [0.5, 0.6) is 5.88 Å². The molecule has 146 valence electrons. The van der Waals surface area contributed by atoms with E-state index < -0.39 is 21.8 Å². The molecule has 3 aromatic rings.